The molecular formula is C20H32Cl2NOSi2Zr. The minimum atomic E-state index is -1.65. The minimum Gasteiger partial charge on any atom is -1.00 e. The van der Waals surface area contributed by atoms with Gasteiger partial charge in [0.15, 0.2) is 0 Å². The van der Waals surface area contributed by atoms with Gasteiger partial charge in [0.1, 0.15) is 5.75 Å². The second-order valence-corrected chi connectivity index (χ2v) is 18.1. The minimum absolute atomic E-state index is 0. The molecule has 27 heavy (non-hydrogen) atoms. The maximum atomic E-state index is 6.45. The molecule has 2 aromatic rings. The van der Waals surface area contributed by atoms with Gasteiger partial charge in [0, 0.05) is 19.3 Å². The Bertz CT molecular complexity index is 796. The van der Waals surface area contributed by atoms with Crippen LogP contribution in [0.2, 0.25) is 32.2 Å². The van der Waals surface area contributed by atoms with Crippen molar-refractivity contribution in [2.75, 3.05) is 5.32 Å². The first-order chi connectivity index (χ1) is 11.0. The molecule has 0 bridgehead atoms. The summed E-state index contributed by atoms with van der Waals surface area (Å²) in [5.41, 5.74) is 1.25. The topological polar surface area (TPSA) is 21.3 Å². The van der Waals surface area contributed by atoms with E-state index in [-0.39, 0.29) is 56.6 Å². The van der Waals surface area contributed by atoms with Gasteiger partial charge in [-0.05, 0) is 40.4 Å². The Hall–Kier alpha value is 0.327. The largest absolute Gasteiger partial charge is 3.00 e. The summed E-state index contributed by atoms with van der Waals surface area (Å²) in [6.45, 7) is 18.3. The SMILES string of the molecule is CCC[Si]1(C)c2[cH-]c3ccc(O[Si](C)(C)C)c(NC(C)(C)C)c3c21.[Cl-].[Cl-].[Zr+3]. The predicted octanol–water partition coefficient (Wildman–Crippen LogP) is -1.10. The molecule has 149 valence electrons. The molecule has 1 atom stereocenters. The smallest absolute Gasteiger partial charge is 1.00 e. The Morgan fingerprint density at radius 1 is 1.15 bits per heavy atom. The van der Waals surface area contributed by atoms with Crippen LogP contribution in [-0.4, -0.2) is 21.9 Å². The summed E-state index contributed by atoms with van der Waals surface area (Å²) in [4.78, 5) is 0. The number of anilines is 1. The molecule has 0 spiro atoms. The van der Waals surface area contributed by atoms with Crippen molar-refractivity contribution in [2.45, 2.75) is 71.9 Å². The molecule has 1 heterocycles. The molecule has 1 aliphatic heterocycles. The maximum absolute atomic E-state index is 6.45. The quantitative estimate of drug-likeness (QED) is 0.400. The van der Waals surface area contributed by atoms with Gasteiger partial charge in [0.25, 0.3) is 0 Å². The Morgan fingerprint density at radius 3 is 2.22 bits per heavy atom. The molecule has 0 saturated heterocycles. The van der Waals surface area contributed by atoms with Gasteiger partial charge in [0.05, 0.1) is 0 Å². The molecule has 1 radical (unpaired) electrons. The van der Waals surface area contributed by atoms with E-state index in [1.807, 2.05) is 0 Å². The molecule has 2 nitrogen and oxygen atoms in total. The van der Waals surface area contributed by atoms with Crippen LogP contribution in [0.5, 0.6) is 5.75 Å². The van der Waals surface area contributed by atoms with Crippen molar-refractivity contribution < 1.29 is 55.4 Å². The molecule has 1 aliphatic rings. The third-order valence-corrected chi connectivity index (χ3v) is 10.1. The van der Waals surface area contributed by atoms with Gasteiger partial charge in [-0.1, -0.05) is 32.0 Å². The average molecular weight is 521 g/mol. The van der Waals surface area contributed by atoms with Crippen molar-refractivity contribution >= 4 is 43.2 Å². The van der Waals surface area contributed by atoms with Crippen LogP contribution in [0.25, 0.3) is 10.8 Å². The number of hydrogen-bond acceptors (Lipinski definition) is 2. The number of benzene rings is 1. The van der Waals surface area contributed by atoms with E-state index in [2.05, 4.69) is 77.4 Å². The summed E-state index contributed by atoms with van der Waals surface area (Å²) in [5, 5.41) is 9.99. The molecule has 1 N–H and O–H groups in total. The normalized spacial score (nSPS) is 17.9. The predicted molar refractivity (Wildman–Crippen MR) is 113 cm³/mol. The van der Waals surface area contributed by atoms with Crippen LogP contribution in [-0.2, 0) is 26.2 Å². The maximum Gasteiger partial charge on any atom is 3.00 e. The van der Waals surface area contributed by atoms with Crippen molar-refractivity contribution in [3.05, 3.63) is 18.2 Å². The zero-order valence-electron chi connectivity index (χ0n) is 17.8. The van der Waals surface area contributed by atoms with Gasteiger partial charge < -0.3 is 34.6 Å². The average Bonchev–Trinajstić information content (AvgIpc) is 2.79. The van der Waals surface area contributed by atoms with Crippen molar-refractivity contribution in [2.24, 2.45) is 0 Å². The fourth-order valence-electron chi connectivity index (χ4n) is 3.90. The van der Waals surface area contributed by atoms with Crippen LogP contribution >= 0.6 is 0 Å². The van der Waals surface area contributed by atoms with Gasteiger partial charge in [-0.2, -0.15) is 10.4 Å². The number of halogens is 2. The van der Waals surface area contributed by atoms with E-state index in [4.69, 9.17) is 4.43 Å². The molecule has 0 aliphatic carbocycles. The molecule has 0 fully saturated rings. The Kier molecular flexibility index (Phi) is 9.10. The third-order valence-electron chi connectivity index (χ3n) is 4.77. The Labute approximate surface area is 198 Å². The van der Waals surface area contributed by atoms with E-state index in [1.54, 1.807) is 10.4 Å². The van der Waals surface area contributed by atoms with E-state index in [1.165, 1.54) is 28.9 Å². The zero-order valence-corrected chi connectivity index (χ0v) is 23.8. The first kappa shape index (κ1) is 27.3. The van der Waals surface area contributed by atoms with Crippen molar-refractivity contribution in [1.82, 2.24) is 0 Å². The van der Waals surface area contributed by atoms with E-state index in [0.717, 1.165) is 5.75 Å². The summed E-state index contributed by atoms with van der Waals surface area (Å²) in [6, 6.07) is 8.26. The monoisotopic (exact) mass is 518 g/mol. The van der Waals surface area contributed by atoms with Crippen molar-refractivity contribution in [3.8, 4) is 5.75 Å². The van der Waals surface area contributed by atoms with Crippen LogP contribution in [0, 0.1) is 0 Å². The fourth-order valence-corrected chi connectivity index (χ4v) is 9.26. The standard InChI is InChI=1S/C20H32NOSi2.2ClH.Zr/c1-9-12-24(8)16-13-14-10-11-15(22-23(5,6)7)18(17(14)19(16)24)21-20(2,3)4;;;/h10-11,13,21H,9,12H2,1-8H3;2*1H;/q-1;;;+3/p-2. The van der Waals surface area contributed by atoms with Crippen molar-refractivity contribution in [3.63, 3.8) is 0 Å². The van der Waals surface area contributed by atoms with Crippen LogP contribution in [0.4, 0.5) is 5.69 Å². The van der Waals surface area contributed by atoms with E-state index in [9.17, 15) is 0 Å². The second-order valence-electron chi connectivity index (χ2n) is 9.51. The molecule has 7 heteroatoms. The molecule has 1 unspecified atom stereocenters. The third kappa shape index (κ3) is 5.48. The fraction of sp³-hybridized carbons (Fsp3) is 0.550. The molecule has 0 aromatic heterocycles. The van der Waals surface area contributed by atoms with Gasteiger partial charge in [0.2, 0.25) is 8.32 Å². The van der Waals surface area contributed by atoms with E-state index in [0.29, 0.717) is 0 Å². The molecule has 0 amide bonds. The van der Waals surface area contributed by atoms with Crippen LogP contribution in [0.3, 0.4) is 0 Å². The van der Waals surface area contributed by atoms with Crippen LogP contribution in [0.1, 0.15) is 34.1 Å². The van der Waals surface area contributed by atoms with Crippen LogP contribution in [0.15, 0.2) is 18.2 Å². The van der Waals surface area contributed by atoms with E-state index >= 15 is 0 Å². The summed E-state index contributed by atoms with van der Waals surface area (Å²) in [7, 11) is -2.95. The van der Waals surface area contributed by atoms with Gasteiger partial charge in [-0.3, -0.25) is 0 Å². The van der Waals surface area contributed by atoms with Crippen LogP contribution < -0.4 is 44.9 Å². The number of nitrogens with one attached hydrogen (secondary N) is 1. The van der Waals surface area contributed by atoms with Crippen molar-refractivity contribution in [1.29, 1.82) is 0 Å². The Balaban J connectivity index is 0.00000225. The molecule has 0 saturated carbocycles. The van der Waals surface area contributed by atoms with E-state index < -0.39 is 16.4 Å². The first-order valence-electron chi connectivity index (χ1n) is 9.21. The van der Waals surface area contributed by atoms with Gasteiger partial charge >= 0.3 is 26.2 Å². The number of fused-ring (bicyclic) bond motifs is 3. The second kappa shape index (κ2) is 9.00. The number of hydrogen-bond donors (Lipinski definition) is 1. The molecule has 3 rings (SSSR count). The van der Waals surface area contributed by atoms with Gasteiger partial charge in [-0.15, -0.1) is 22.9 Å². The summed E-state index contributed by atoms with van der Waals surface area (Å²) in [5.74, 6) is 1.05. The number of rotatable bonds is 5. The first-order valence-corrected chi connectivity index (χ1v) is 15.3. The zero-order chi connectivity index (χ0) is 17.9. The summed E-state index contributed by atoms with van der Waals surface area (Å²) in [6.07, 6.45) is 1.28. The summed E-state index contributed by atoms with van der Waals surface area (Å²) < 4.78 is 6.45. The van der Waals surface area contributed by atoms with Gasteiger partial charge in [-0.25, -0.2) is 0 Å². The summed E-state index contributed by atoms with van der Waals surface area (Å²) >= 11 is 0. The molecule has 2 aromatic carbocycles. The Morgan fingerprint density at radius 2 is 1.74 bits per heavy atom. The molecular weight excluding hydrogens is 489 g/mol.